The Balaban J connectivity index is 0. The summed E-state index contributed by atoms with van der Waals surface area (Å²) in [7, 11) is 0. The van der Waals surface area contributed by atoms with Gasteiger partial charge in [-0.1, -0.05) is 13.3 Å². The molecule has 0 fully saturated rings. The number of rotatable bonds is 12. The van der Waals surface area contributed by atoms with Crippen LogP contribution in [0.1, 0.15) is 60.8 Å². The molecule has 0 saturated heterocycles. The zero-order chi connectivity index (χ0) is 17.7. The summed E-state index contributed by atoms with van der Waals surface area (Å²) in [6, 6.07) is 1.10. The molecule has 0 rings (SSSR count). The first-order chi connectivity index (χ1) is 11.0. The third kappa shape index (κ3) is 12.3. The van der Waals surface area contributed by atoms with Gasteiger partial charge in [0.25, 0.3) is 0 Å². The van der Waals surface area contributed by atoms with Crippen LogP contribution < -0.4 is 10.6 Å². The molecule has 1 unspecified atom stereocenters. The smallest absolute Gasteiger partial charge is 0.191 e. The van der Waals surface area contributed by atoms with Crippen molar-refractivity contribution in [3.63, 3.8) is 0 Å². The summed E-state index contributed by atoms with van der Waals surface area (Å²) < 4.78 is 0. The van der Waals surface area contributed by atoms with Crippen molar-refractivity contribution >= 4 is 29.9 Å². The van der Waals surface area contributed by atoms with Crippen LogP contribution >= 0.6 is 24.0 Å². The van der Waals surface area contributed by atoms with E-state index in [9.17, 15) is 0 Å². The maximum atomic E-state index is 9.15. The molecule has 0 heterocycles. The largest absolute Gasteiger partial charge is 0.396 e. The van der Waals surface area contributed by atoms with E-state index in [1.54, 1.807) is 0 Å². The van der Waals surface area contributed by atoms with E-state index in [0.29, 0.717) is 18.0 Å². The summed E-state index contributed by atoms with van der Waals surface area (Å²) in [6.07, 6.45) is 3.10. The number of guanidine groups is 1. The molecule has 0 aromatic heterocycles. The highest BCUT2D eigenvalue weighted by molar-refractivity contribution is 14.0. The highest BCUT2D eigenvalue weighted by Crippen LogP contribution is 2.11. The Morgan fingerprint density at radius 2 is 1.67 bits per heavy atom. The van der Waals surface area contributed by atoms with Crippen molar-refractivity contribution in [2.75, 3.05) is 32.8 Å². The molecule has 0 aliphatic carbocycles. The maximum absolute atomic E-state index is 9.15. The summed E-state index contributed by atoms with van der Waals surface area (Å²) in [5.74, 6) is 1.36. The fraction of sp³-hybridized carbons (Fsp3) is 0.944. The van der Waals surface area contributed by atoms with Crippen molar-refractivity contribution < 1.29 is 5.11 Å². The highest BCUT2D eigenvalue weighted by atomic mass is 127. The van der Waals surface area contributed by atoms with E-state index in [1.165, 1.54) is 0 Å². The summed E-state index contributed by atoms with van der Waals surface area (Å²) in [6.45, 7) is 17.0. The number of hydrogen-bond donors (Lipinski definition) is 3. The molecule has 0 saturated carbocycles. The average molecular weight is 456 g/mol. The maximum Gasteiger partial charge on any atom is 0.191 e. The predicted octanol–water partition coefficient (Wildman–Crippen LogP) is 3.08. The Kier molecular flexibility index (Phi) is 17.9. The Morgan fingerprint density at radius 3 is 2.12 bits per heavy atom. The predicted molar refractivity (Wildman–Crippen MR) is 116 cm³/mol. The quantitative estimate of drug-likeness (QED) is 0.240. The van der Waals surface area contributed by atoms with Crippen LogP contribution in [-0.2, 0) is 0 Å². The normalized spacial score (nSPS) is 13.3. The van der Waals surface area contributed by atoms with Gasteiger partial charge in [0.05, 0.1) is 0 Å². The number of aliphatic imine (C=N–C) groups is 1. The summed E-state index contributed by atoms with van der Waals surface area (Å²) in [5, 5.41) is 15.9. The molecule has 24 heavy (non-hydrogen) atoms. The lowest BCUT2D eigenvalue weighted by Gasteiger charge is -2.30. The second kappa shape index (κ2) is 16.4. The van der Waals surface area contributed by atoms with Crippen molar-refractivity contribution in [3.05, 3.63) is 0 Å². The molecule has 3 N–H and O–H groups in total. The van der Waals surface area contributed by atoms with E-state index in [0.717, 1.165) is 51.4 Å². The first kappa shape index (κ1) is 26.2. The molecule has 1 atom stereocenters. The Labute approximate surface area is 167 Å². The van der Waals surface area contributed by atoms with Gasteiger partial charge >= 0.3 is 0 Å². The van der Waals surface area contributed by atoms with Crippen LogP contribution in [0.5, 0.6) is 0 Å². The van der Waals surface area contributed by atoms with Gasteiger partial charge in [-0.05, 0) is 53.4 Å². The lowest BCUT2D eigenvalue weighted by molar-refractivity contribution is 0.178. The number of hydrogen-bond acceptors (Lipinski definition) is 3. The fourth-order valence-electron chi connectivity index (χ4n) is 2.90. The minimum atomic E-state index is 0. The van der Waals surface area contributed by atoms with Crippen LogP contribution in [0.25, 0.3) is 0 Å². The average Bonchev–Trinajstić information content (AvgIpc) is 2.48. The molecular weight excluding hydrogens is 415 g/mol. The monoisotopic (exact) mass is 456 g/mol. The van der Waals surface area contributed by atoms with E-state index in [2.05, 4.69) is 57.1 Å². The van der Waals surface area contributed by atoms with Gasteiger partial charge in [0.15, 0.2) is 5.96 Å². The summed E-state index contributed by atoms with van der Waals surface area (Å²) in [4.78, 5) is 7.18. The zero-order valence-corrected chi connectivity index (χ0v) is 19.0. The summed E-state index contributed by atoms with van der Waals surface area (Å²) in [5.41, 5.74) is 0. The lowest BCUT2D eigenvalue weighted by atomic mass is 10.0. The molecule has 0 bridgehead atoms. The number of nitrogens with zero attached hydrogens (tertiary/aromatic N) is 2. The molecule has 0 amide bonds. The third-order valence-electron chi connectivity index (χ3n) is 4.08. The van der Waals surface area contributed by atoms with Crippen molar-refractivity contribution in [1.29, 1.82) is 0 Å². The summed E-state index contributed by atoms with van der Waals surface area (Å²) >= 11 is 0. The van der Waals surface area contributed by atoms with E-state index in [1.807, 2.05) is 0 Å². The van der Waals surface area contributed by atoms with Crippen LogP contribution in [0.15, 0.2) is 4.99 Å². The SMILES string of the molecule is CCCC(CCO)CN=C(NCC)NCCN(C(C)C)C(C)C.I. The minimum absolute atomic E-state index is 0. The highest BCUT2D eigenvalue weighted by Gasteiger charge is 2.13. The van der Waals surface area contributed by atoms with Gasteiger partial charge in [0, 0.05) is 44.9 Å². The molecule has 0 aromatic carbocycles. The van der Waals surface area contributed by atoms with Gasteiger partial charge in [-0.25, -0.2) is 0 Å². The van der Waals surface area contributed by atoms with Gasteiger partial charge in [-0.3, -0.25) is 9.89 Å². The van der Waals surface area contributed by atoms with E-state index in [4.69, 9.17) is 10.1 Å². The topological polar surface area (TPSA) is 59.9 Å². The van der Waals surface area contributed by atoms with Crippen LogP contribution in [-0.4, -0.2) is 60.8 Å². The number of aliphatic hydroxyl groups is 1. The molecule has 0 radical (unpaired) electrons. The van der Waals surface area contributed by atoms with Crippen LogP contribution in [0, 0.1) is 5.92 Å². The van der Waals surface area contributed by atoms with Gasteiger partial charge in [0.1, 0.15) is 0 Å². The first-order valence-corrected chi connectivity index (χ1v) is 9.34. The van der Waals surface area contributed by atoms with Crippen LogP contribution in [0.3, 0.4) is 0 Å². The molecule has 0 aliphatic rings. The molecule has 146 valence electrons. The van der Waals surface area contributed by atoms with Crippen molar-refractivity contribution in [3.8, 4) is 0 Å². The van der Waals surface area contributed by atoms with Crippen LogP contribution in [0.2, 0.25) is 0 Å². The molecule has 0 spiro atoms. The van der Waals surface area contributed by atoms with Crippen molar-refractivity contribution in [2.45, 2.75) is 72.9 Å². The van der Waals surface area contributed by atoms with Gasteiger partial charge < -0.3 is 15.7 Å². The molecular formula is C18H41IN4O. The third-order valence-corrected chi connectivity index (χ3v) is 4.08. The van der Waals surface area contributed by atoms with Gasteiger partial charge in [0.2, 0.25) is 0 Å². The van der Waals surface area contributed by atoms with E-state index >= 15 is 0 Å². The number of nitrogens with one attached hydrogen (secondary N) is 2. The van der Waals surface area contributed by atoms with Crippen molar-refractivity contribution in [2.24, 2.45) is 10.9 Å². The Hall–Kier alpha value is -0.0800. The molecule has 0 aliphatic heterocycles. The Morgan fingerprint density at radius 1 is 1.04 bits per heavy atom. The first-order valence-electron chi connectivity index (χ1n) is 9.34. The number of aliphatic hydroxyl groups excluding tert-OH is 1. The second-order valence-electron chi connectivity index (χ2n) is 6.74. The molecule has 6 heteroatoms. The number of halogens is 1. The van der Waals surface area contributed by atoms with E-state index < -0.39 is 0 Å². The molecule has 5 nitrogen and oxygen atoms in total. The zero-order valence-electron chi connectivity index (χ0n) is 16.6. The Bertz CT molecular complexity index is 297. The minimum Gasteiger partial charge on any atom is -0.396 e. The standard InChI is InChI=1S/C18H40N4O.HI/c1-7-9-17(10-13-23)14-21-18(19-8-2)20-11-12-22(15(3)4)16(5)6;/h15-17,23H,7-14H2,1-6H3,(H2,19,20,21);1H. The lowest BCUT2D eigenvalue weighted by Crippen LogP contribution is -2.45. The second-order valence-corrected chi connectivity index (χ2v) is 6.74. The fourth-order valence-corrected chi connectivity index (χ4v) is 2.90. The van der Waals surface area contributed by atoms with Gasteiger partial charge in [-0.2, -0.15) is 0 Å². The van der Waals surface area contributed by atoms with Crippen LogP contribution in [0.4, 0.5) is 0 Å². The van der Waals surface area contributed by atoms with Crippen molar-refractivity contribution in [1.82, 2.24) is 15.5 Å². The van der Waals surface area contributed by atoms with Gasteiger partial charge in [-0.15, -0.1) is 24.0 Å². The van der Waals surface area contributed by atoms with E-state index in [-0.39, 0.29) is 30.6 Å². The molecule has 0 aromatic rings.